The average molecular weight is 263 g/mol. The molecule has 0 aromatic heterocycles. The van der Waals surface area contributed by atoms with Crippen LogP contribution in [0.4, 0.5) is 0 Å². The van der Waals surface area contributed by atoms with Gasteiger partial charge in [-0.1, -0.05) is 18.7 Å². The Morgan fingerprint density at radius 1 is 1.53 bits per heavy atom. The van der Waals surface area contributed by atoms with Crippen molar-refractivity contribution in [2.75, 3.05) is 19.7 Å². The van der Waals surface area contributed by atoms with E-state index in [1.807, 2.05) is 13.8 Å². The highest BCUT2D eigenvalue weighted by atomic mass is 16.5. The summed E-state index contributed by atoms with van der Waals surface area (Å²) in [5, 5.41) is 0. The highest BCUT2D eigenvalue weighted by Gasteiger charge is 2.10. The van der Waals surface area contributed by atoms with E-state index in [0.717, 1.165) is 38.8 Å². The number of hydrogen-bond acceptors (Lipinski definition) is 3. The molecule has 3 nitrogen and oxygen atoms in total. The molecule has 1 aliphatic heterocycles. The van der Waals surface area contributed by atoms with Crippen molar-refractivity contribution in [2.45, 2.75) is 39.5 Å². The fourth-order valence-electron chi connectivity index (χ4n) is 2.14. The van der Waals surface area contributed by atoms with E-state index >= 15 is 0 Å². The van der Waals surface area contributed by atoms with Crippen LogP contribution in [0.3, 0.4) is 0 Å². The Balaban J connectivity index is 2.15. The van der Waals surface area contributed by atoms with Crippen molar-refractivity contribution in [1.82, 2.24) is 4.90 Å². The molecule has 0 aromatic rings. The van der Waals surface area contributed by atoms with Gasteiger partial charge in [0.1, 0.15) is 0 Å². The molecule has 0 fully saturated rings. The van der Waals surface area contributed by atoms with E-state index in [2.05, 4.69) is 29.8 Å². The van der Waals surface area contributed by atoms with Gasteiger partial charge in [0, 0.05) is 24.9 Å². The third-order valence-electron chi connectivity index (χ3n) is 3.15. The molecular formula is C16H25NO2. The second-order valence-electron chi connectivity index (χ2n) is 4.77. The second-order valence-corrected chi connectivity index (χ2v) is 4.77. The number of carbonyl (C=O) groups excluding carboxylic acids is 1. The van der Waals surface area contributed by atoms with Gasteiger partial charge in [-0.25, -0.2) is 4.79 Å². The van der Waals surface area contributed by atoms with Gasteiger partial charge in [0.05, 0.1) is 6.61 Å². The van der Waals surface area contributed by atoms with E-state index in [1.165, 1.54) is 5.57 Å². The minimum Gasteiger partial charge on any atom is -0.463 e. The van der Waals surface area contributed by atoms with Gasteiger partial charge in [0.15, 0.2) is 0 Å². The van der Waals surface area contributed by atoms with Crippen LogP contribution in [-0.2, 0) is 9.53 Å². The molecule has 0 radical (unpaired) electrons. The van der Waals surface area contributed by atoms with Crippen molar-refractivity contribution >= 4 is 5.97 Å². The summed E-state index contributed by atoms with van der Waals surface area (Å²) >= 11 is 0. The quantitative estimate of drug-likeness (QED) is 0.382. The van der Waals surface area contributed by atoms with Crippen molar-refractivity contribution in [3.05, 3.63) is 36.1 Å². The zero-order valence-electron chi connectivity index (χ0n) is 12.2. The molecule has 0 saturated carbocycles. The van der Waals surface area contributed by atoms with E-state index in [4.69, 9.17) is 4.74 Å². The van der Waals surface area contributed by atoms with Gasteiger partial charge in [-0.3, -0.25) is 0 Å². The van der Waals surface area contributed by atoms with Crippen molar-refractivity contribution in [3.8, 4) is 0 Å². The zero-order valence-corrected chi connectivity index (χ0v) is 12.2. The lowest BCUT2D eigenvalue weighted by Crippen LogP contribution is -2.15. The van der Waals surface area contributed by atoms with Crippen LogP contribution in [0.1, 0.15) is 39.5 Å². The van der Waals surface area contributed by atoms with Gasteiger partial charge in [0.25, 0.3) is 0 Å². The third kappa shape index (κ3) is 5.77. The molecule has 1 rings (SSSR count). The maximum absolute atomic E-state index is 11.4. The summed E-state index contributed by atoms with van der Waals surface area (Å²) in [7, 11) is 0. The molecule has 1 heterocycles. The minimum absolute atomic E-state index is 0.251. The Kier molecular flexibility index (Phi) is 7.01. The van der Waals surface area contributed by atoms with E-state index in [0.29, 0.717) is 12.2 Å². The van der Waals surface area contributed by atoms with Crippen molar-refractivity contribution in [3.63, 3.8) is 0 Å². The maximum atomic E-state index is 11.4. The standard InChI is InChI=1S/C16H25NO2/c1-4-8-15-10-12-17(13-15)11-7-6-9-14(3)16(18)19-5-2/h4,8,13H,3,5-7,9-12H2,1-2H3/b8-4+. The van der Waals surface area contributed by atoms with Crippen LogP contribution in [0, 0.1) is 0 Å². The first-order valence-electron chi connectivity index (χ1n) is 7.09. The first-order valence-corrected chi connectivity index (χ1v) is 7.09. The molecule has 0 aliphatic carbocycles. The lowest BCUT2D eigenvalue weighted by Gasteiger charge is -2.14. The molecule has 0 atom stereocenters. The van der Waals surface area contributed by atoms with E-state index < -0.39 is 0 Å². The Morgan fingerprint density at radius 2 is 2.32 bits per heavy atom. The van der Waals surface area contributed by atoms with Gasteiger partial charge in [-0.05, 0) is 45.1 Å². The fourth-order valence-corrected chi connectivity index (χ4v) is 2.14. The molecule has 0 unspecified atom stereocenters. The monoisotopic (exact) mass is 263 g/mol. The highest BCUT2D eigenvalue weighted by Crippen LogP contribution is 2.16. The summed E-state index contributed by atoms with van der Waals surface area (Å²) < 4.78 is 4.91. The van der Waals surface area contributed by atoms with Crippen molar-refractivity contribution in [2.24, 2.45) is 0 Å². The van der Waals surface area contributed by atoms with Gasteiger partial charge in [-0.15, -0.1) is 0 Å². The van der Waals surface area contributed by atoms with Crippen LogP contribution in [0.5, 0.6) is 0 Å². The zero-order chi connectivity index (χ0) is 14.1. The first kappa shape index (κ1) is 15.5. The summed E-state index contributed by atoms with van der Waals surface area (Å²) in [5.41, 5.74) is 1.99. The Morgan fingerprint density at radius 3 is 3.00 bits per heavy atom. The predicted molar refractivity (Wildman–Crippen MR) is 78.7 cm³/mol. The number of rotatable bonds is 8. The lowest BCUT2D eigenvalue weighted by molar-refractivity contribution is -0.138. The highest BCUT2D eigenvalue weighted by molar-refractivity contribution is 5.87. The summed E-state index contributed by atoms with van der Waals surface area (Å²) in [4.78, 5) is 13.7. The third-order valence-corrected chi connectivity index (χ3v) is 3.15. The van der Waals surface area contributed by atoms with Crippen LogP contribution in [-0.4, -0.2) is 30.6 Å². The Bertz CT molecular complexity index is 369. The van der Waals surface area contributed by atoms with E-state index in [9.17, 15) is 4.79 Å². The summed E-state index contributed by atoms with van der Waals surface area (Å²) in [6, 6.07) is 0. The Labute approximate surface area is 116 Å². The number of unbranched alkanes of at least 4 members (excludes halogenated alkanes) is 1. The molecule has 0 N–H and O–H groups in total. The van der Waals surface area contributed by atoms with Gasteiger partial charge < -0.3 is 9.64 Å². The largest absolute Gasteiger partial charge is 0.463 e. The van der Waals surface area contributed by atoms with Crippen LogP contribution in [0.2, 0.25) is 0 Å². The topological polar surface area (TPSA) is 29.5 Å². The molecule has 0 saturated heterocycles. The molecule has 3 heteroatoms. The number of carbonyl (C=O) groups is 1. The number of ether oxygens (including phenoxy) is 1. The van der Waals surface area contributed by atoms with Crippen LogP contribution >= 0.6 is 0 Å². The predicted octanol–water partition coefficient (Wildman–Crippen LogP) is 3.44. The molecule has 1 aliphatic rings. The molecule has 0 amide bonds. The second kappa shape index (κ2) is 8.57. The maximum Gasteiger partial charge on any atom is 0.333 e. The smallest absolute Gasteiger partial charge is 0.333 e. The Hall–Kier alpha value is -1.51. The van der Waals surface area contributed by atoms with Crippen molar-refractivity contribution in [1.29, 1.82) is 0 Å². The number of esters is 1. The normalized spacial score (nSPS) is 14.8. The summed E-state index contributed by atoms with van der Waals surface area (Å²) in [6.07, 6.45) is 10.4. The molecule has 19 heavy (non-hydrogen) atoms. The molecular weight excluding hydrogens is 238 g/mol. The van der Waals surface area contributed by atoms with Gasteiger partial charge in [0.2, 0.25) is 0 Å². The molecule has 0 spiro atoms. The summed E-state index contributed by atoms with van der Waals surface area (Å²) in [6.45, 7) is 10.2. The number of hydrogen-bond donors (Lipinski definition) is 0. The van der Waals surface area contributed by atoms with Crippen LogP contribution in [0.25, 0.3) is 0 Å². The molecule has 106 valence electrons. The first-order chi connectivity index (χ1) is 9.17. The minimum atomic E-state index is -0.251. The molecule has 0 aromatic carbocycles. The average Bonchev–Trinajstić information content (AvgIpc) is 2.83. The van der Waals surface area contributed by atoms with Crippen LogP contribution in [0.15, 0.2) is 36.1 Å². The van der Waals surface area contributed by atoms with Crippen molar-refractivity contribution < 1.29 is 9.53 Å². The van der Waals surface area contributed by atoms with Gasteiger partial charge in [-0.2, -0.15) is 0 Å². The lowest BCUT2D eigenvalue weighted by atomic mass is 10.1. The number of allylic oxidation sites excluding steroid dienone is 2. The van der Waals surface area contributed by atoms with E-state index in [-0.39, 0.29) is 5.97 Å². The van der Waals surface area contributed by atoms with E-state index in [1.54, 1.807) is 0 Å². The number of nitrogens with zero attached hydrogens (tertiary/aromatic N) is 1. The van der Waals surface area contributed by atoms with Crippen LogP contribution < -0.4 is 0 Å². The SMILES string of the molecule is C=C(CCCCN1C=C(/C=C/C)CC1)C(=O)OCC. The molecule has 0 bridgehead atoms. The van der Waals surface area contributed by atoms with Gasteiger partial charge >= 0.3 is 5.97 Å². The fraction of sp³-hybridized carbons (Fsp3) is 0.562. The summed E-state index contributed by atoms with van der Waals surface area (Å²) in [5.74, 6) is -0.251.